The average Bonchev–Trinajstić information content (AvgIpc) is 2.80. The van der Waals surface area contributed by atoms with Crippen molar-refractivity contribution in [3.63, 3.8) is 0 Å². The molecule has 0 aliphatic rings. The lowest BCUT2D eigenvalue weighted by Gasteiger charge is -1.99. The summed E-state index contributed by atoms with van der Waals surface area (Å²) in [5, 5.41) is 0.614. The van der Waals surface area contributed by atoms with Crippen LogP contribution < -0.4 is 5.73 Å². The van der Waals surface area contributed by atoms with Crippen LogP contribution in [0.5, 0.6) is 0 Å². The Balaban J connectivity index is 1.85. The minimum atomic E-state index is -1.22. The zero-order valence-electron chi connectivity index (χ0n) is 10.4. The number of fused-ring (bicyclic) bond motifs is 1. The number of benzene rings is 2. The molecular weight excluding hydrogens is 296 g/mol. The maximum Gasteiger partial charge on any atom is 0.208 e. The summed E-state index contributed by atoms with van der Waals surface area (Å²) in [6, 6.07) is 12.1. The highest BCUT2D eigenvalue weighted by Crippen LogP contribution is 2.21. The van der Waals surface area contributed by atoms with Crippen molar-refractivity contribution in [1.82, 2.24) is 4.98 Å². The Morgan fingerprint density at radius 2 is 1.95 bits per heavy atom. The van der Waals surface area contributed by atoms with E-state index in [0.29, 0.717) is 32.6 Å². The number of hydrogen-bond donors (Lipinski definition) is 1. The van der Waals surface area contributed by atoms with Gasteiger partial charge >= 0.3 is 0 Å². The van der Waals surface area contributed by atoms with Gasteiger partial charge in [-0.25, -0.2) is 4.98 Å². The van der Waals surface area contributed by atoms with Crippen LogP contribution in [0.1, 0.15) is 5.89 Å². The van der Waals surface area contributed by atoms with Crippen LogP contribution in [-0.4, -0.2) is 9.19 Å². The first-order valence-corrected chi connectivity index (χ1v) is 7.60. The molecule has 0 radical (unpaired) electrons. The first kappa shape index (κ1) is 13.1. The zero-order chi connectivity index (χ0) is 14.1. The van der Waals surface area contributed by atoms with Crippen molar-refractivity contribution < 1.29 is 8.63 Å². The lowest BCUT2D eigenvalue weighted by molar-refractivity contribution is 0.552. The quantitative estimate of drug-likeness (QED) is 0.753. The highest BCUT2D eigenvalue weighted by Gasteiger charge is 2.11. The fourth-order valence-corrected chi connectivity index (χ4v) is 2.91. The van der Waals surface area contributed by atoms with Crippen LogP contribution in [0.4, 0.5) is 5.69 Å². The van der Waals surface area contributed by atoms with Gasteiger partial charge in [0.2, 0.25) is 5.89 Å². The summed E-state index contributed by atoms with van der Waals surface area (Å²) in [5.41, 5.74) is 7.60. The van der Waals surface area contributed by atoms with Crippen molar-refractivity contribution >= 4 is 39.2 Å². The molecule has 102 valence electrons. The molecule has 3 rings (SSSR count). The van der Waals surface area contributed by atoms with Gasteiger partial charge in [-0.15, -0.1) is 0 Å². The second-order valence-electron chi connectivity index (χ2n) is 4.28. The third kappa shape index (κ3) is 2.69. The van der Waals surface area contributed by atoms with Crippen molar-refractivity contribution in [3.05, 3.63) is 53.4 Å². The van der Waals surface area contributed by atoms with Crippen LogP contribution in [0.15, 0.2) is 51.8 Å². The van der Waals surface area contributed by atoms with Gasteiger partial charge in [-0.3, -0.25) is 4.21 Å². The number of nitrogens with two attached hydrogens (primary N) is 1. The molecule has 0 saturated carbocycles. The third-order valence-electron chi connectivity index (χ3n) is 2.79. The molecule has 2 N–H and O–H groups in total. The minimum absolute atomic E-state index is 0.218. The van der Waals surface area contributed by atoms with E-state index in [1.54, 1.807) is 42.5 Å². The molecule has 1 heterocycles. The molecule has 1 aromatic heterocycles. The van der Waals surface area contributed by atoms with Gasteiger partial charge in [-0.1, -0.05) is 11.6 Å². The highest BCUT2D eigenvalue weighted by atomic mass is 35.5. The molecule has 0 bridgehead atoms. The van der Waals surface area contributed by atoms with E-state index < -0.39 is 10.8 Å². The Labute approximate surface area is 123 Å². The number of hydrogen-bond acceptors (Lipinski definition) is 4. The summed E-state index contributed by atoms with van der Waals surface area (Å²) in [7, 11) is -1.22. The monoisotopic (exact) mass is 306 g/mol. The Morgan fingerprint density at radius 3 is 2.70 bits per heavy atom. The number of halogens is 1. The summed E-state index contributed by atoms with van der Waals surface area (Å²) in [5.74, 6) is 0.648. The predicted octanol–water partition coefficient (Wildman–Crippen LogP) is 3.37. The fourth-order valence-electron chi connectivity index (χ4n) is 1.83. The van der Waals surface area contributed by atoms with Gasteiger partial charge < -0.3 is 10.2 Å². The molecule has 1 atom stereocenters. The average molecular weight is 307 g/mol. The van der Waals surface area contributed by atoms with Gasteiger partial charge in [0.1, 0.15) is 11.3 Å². The largest absolute Gasteiger partial charge is 0.440 e. The first-order chi connectivity index (χ1) is 9.61. The van der Waals surface area contributed by atoms with Gasteiger partial charge in [0.15, 0.2) is 5.58 Å². The molecular formula is C14H11ClN2O2S. The second kappa shape index (κ2) is 5.26. The summed E-state index contributed by atoms with van der Waals surface area (Å²) in [6.45, 7) is 0. The van der Waals surface area contributed by atoms with Crippen molar-refractivity contribution in [2.24, 2.45) is 0 Å². The van der Waals surface area contributed by atoms with E-state index in [4.69, 9.17) is 21.8 Å². The maximum atomic E-state index is 12.2. The van der Waals surface area contributed by atoms with E-state index in [0.717, 1.165) is 0 Å². The predicted molar refractivity (Wildman–Crippen MR) is 80.0 cm³/mol. The smallest absolute Gasteiger partial charge is 0.208 e. The molecule has 20 heavy (non-hydrogen) atoms. The van der Waals surface area contributed by atoms with Crippen LogP contribution >= 0.6 is 11.6 Å². The van der Waals surface area contributed by atoms with E-state index in [1.807, 2.05) is 0 Å². The zero-order valence-corrected chi connectivity index (χ0v) is 11.9. The Kier molecular flexibility index (Phi) is 3.46. The van der Waals surface area contributed by atoms with Gasteiger partial charge in [-0.05, 0) is 36.4 Å². The molecule has 3 aromatic rings. The van der Waals surface area contributed by atoms with Crippen molar-refractivity contribution in [3.8, 4) is 0 Å². The summed E-state index contributed by atoms with van der Waals surface area (Å²) < 4.78 is 17.8. The number of nitrogen functional groups attached to an aromatic ring is 1. The van der Waals surface area contributed by atoms with Crippen molar-refractivity contribution in [2.75, 3.05) is 5.73 Å². The summed E-state index contributed by atoms with van der Waals surface area (Å²) in [4.78, 5) is 4.99. The Morgan fingerprint density at radius 1 is 1.20 bits per heavy atom. The summed E-state index contributed by atoms with van der Waals surface area (Å²) >= 11 is 5.80. The number of nitrogens with zero attached hydrogens (tertiary/aromatic N) is 1. The number of aromatic nitrogens is 1. The highest BCUT2D eigenvalue weighted by molar-refractivity contribution is 7.84. The number of rotatable bonds is 3. The third-order valence-corrected chi connectivity index (χ3v) is 4.35. The minimum Gasteiger partial charge on any atom is -0.440 e. The second-order valence-corrected chi connectivity index (χ2v) is 6.17. The van der Waals surface area contributed by atoms with Crippen LogP contribution in [0.25, 0.3) is 11.1 Å². The van der Waals surface area contributed by atoms with Crippen LogP contribution in [0.2, 0.25) is 5.02 Å². The lowest BCUT2D eigenvalue weighted by Crippen LogP contribution is -1.96. The first-order valence-electron chi connectivity index (χ1n) is 5.91. The molecule has 2 aromatic carbocycles. The van der Waals surface area contributed by atoms with Gasteiger partial charge in [0.05, 0.1) is 10.8 Å². The molecule has 0 saturated heterocycles. The normalized spacial score (nSPS) is 12.7. The van der Waals surface area contributed by atoms with E-state index >= 15 is 0 Å². The molecule has 0 amide bonds. The van der Waals surface area contributed by atoms with E-state index in [9.17, 15) is 4.21 Å². The number of oxazole rings is 1. The molecule has 0 aliphatic carbocycles. The van der Waals surface area contributed by atoms with Gasteiger partial charge in [-0.2, -0.15) is 0 Å². The van der Waals surface area contributed by atoms with Gasteiger partial charge in [0.25, 0.3) is 0 Å². The summed E-state index contributed by atoms with van der Waals surface area (Å²) in [6.07, 6.45) is 0. The SMILES string of the molecule is Nc1ccc2nc(CS(=O)c3ccc(Cl)cc3)oc2c1. The lowest BCUT2D eigenvalue weighted by atomic mass is 10.3. The molecule has 6 heteroatoms. The van der Waals surface area contributed by atoms with E-state index in [2.05, 4.69) is 4.98 Å². The van der Waals surface area contributed by atoms with Crippen molar-refractivity contribution in [1.29, 1.82) is 0 Å². The van der Waals surface area contributed by atoms with Crippen LogP contribution in [0, 0.1) is 0 Å². The topological polar surface area (TPSA) is 69.1 Å². The van der Waals surface area contributed by atoms with E-state index in [-0.39, 0.29) is 5.75 Å². The molecule has 0 spiro atoms. The molecule has 0 aliphatic heterocycles. The maximum absolute atomic E-state index is 12.2. The molecule has 0 fully saturated rings. The fraction of sp³-hybridized carbons (Fsp3) is 0.0714. The van der Waals surface area contributed by atoms with Crippen LogP contribution in [0.3, 0.4) is 0 Å². The van der Waals surface area contributed by atoms with Crippen molar-refractivity contribution in [2.45, 2.75) is 10.6 Å². The van der Waals surface area contributed by atoms with Crippen LogP contribution in [-0.2, 0) is 16.6 Å². The molecule has 4 nitrogen and oxygen atoms in total. The number of anilines is 1. The Hall–Kier alpha value is -1.85. The van der Waals surface area contributed by atoms with Gasteiger partial charge in [0, 0.05) is 21.7 Å². The molecule has 1 unspecified atom stereocenters. The Bertz CT molecular complexity index is 783. The van der Waals surface area contributed by atoms with E-state index in [1.165, 1.54) is 0 Å². The standard InChI is InChI=1S/C14H11ClN2O2S/c15-9-1-4-11(5-2-9)20(18)8-14-17-12-6-3-10(16)7-13(12)19-14/h1-7H,8,16H2.